The number of anilines is 3. The third kappa shape index (κ3) is 4.50. The summed E-state index contributed by atoms with van der Waals surface area (Å²) >= 11 is 0. The Hall–Kier alpha value is -8.60. The number of benzene rings is 10. The average molecular weight is 830 g/mol. The van der Waals surface area contributed by atoms with E-state index in [0.29, 0.717) is 0 Å². The van der Waals surface area contributed by atoms with Crippen LogP contribution in [-0.4, -0.2) is 0 Å². The first-order valence-corrected chi connectivity index (χ1v) is 22.2. The molecule has 0 unspecified atom stereocenters. The third-order valence-electron chi connectivity index (χ3n) is 14.3. The summed E-state index contributed by atoms with van der Waals surface area (Å²) < 4.78 is 20.6. The van der Waals surface area contributed by atoms with Crippen molar-refractivity contribution in [2.75, 3.05) is 4.90 Å². The predicted octanol–water partition coefficient (Wildman–Crippen LogP) is 16.9. The molecule has 4 heteroatoms. The fourth-order valence-corrected chi connectivity index (χ4v) is 11.7. The maximum absolute atomic E-state index is 7.28. The van der Waals surface area contributed by atoms with Crippen molar-refractivity contribution in [3.63, 3.8) is 0 Å². The number of hydrogen-bond donors (Lipinski definition) is 0. The standard InChI is InChI=1S/C61H35NO3/c1-2-15-36(16-3-1)62(37-29-30-41-40-19-6-11-26-49(40)61(50(41)35-37)47-24-9-4-17-38(47)39-18-5-10-25-48(39)61)51-32-31-43(45-23-14-22-44-42-20-7-12-27-52(42)64-59(44)45)57-58-55(65-60(51)57)34-33-54-56(58)46-21-8-13-28-53(46)63-54/h1-35H. The summed E-state index contributed by atoms with van der Waals surface area (Å²) in [5, 5.41) is 6.28. The second-order valence-electron chi connectivity index (χ2n) is 17.4. The maximum Gasteiger partial charge on any atom is 0.160 e. The average Bonchev–Trinajstić information content (AvgIpc) is 4.17. The summed E-state index contributed by atoms with van der Waals surface area (Å²) in [6, 6.07) is 76.4. The van der Waals surface area contributed by atoms with Crippen LogP contribution in [0.4, 0.5) is 17.1 Å². The molecule has 0 N–H and O–H groups in total. The third-order valence-corrected chi connectivity index (χ3v) is 14.3. The van der Waals surface area contributed by atoms with Crippen molar-refractivity contribution in [3.05, 3.63) is 235 Å². The Morgan fingerprint density at radius 3 is 1.55 bits per heavy atom. The van der Waals surface area contributed by atoms with Crippen molar-refractivity contribution in [1.82, 2.24) is 0 Å². The topological polar surface area (TPSA) is 42.7 Å². The van der Waals surface area contributed by atoms with Gasteiger partial charge in [-0.15, -0.1) is 0 Å². The highest BCUT2D eigenvalue weighted by molar-refractivity contribution is 6.30. The molecule has 3 aromatic heterocycles. The van der Waals surface area contributed by atoms with Crippen LogP contribution in [0.25, 0.3) is 99.2 Å². The fraction of sp³-hybridized carbons (Fsp3) is 0.0164. The quantitative estimate of drug-likeness (QED) is 0.177. The van der Waals surface area contributed by atoms with Crippen LogP contribution in [0.2, 0.25) is 0 Å². The Morgan fingerprint density at radius 2 is 0.831 bits per heavy atom. The lowest BCUT2D eigenvalue weighted by Crippen LogP contribution is -2.26. The summed E-state index contributed by atoms with van der Waals surface area (Å²) in [5.41, 5.74) is 19.8. The van der Waals surface area contributed by atoms with Gasteiger partial charge >= 0.3 is 0 Å². The highest BCUT2D eigenvalue weighted by atomic mass is 16.3. The normalized spacial score (nSPS) is 13.4. The molecule has 0 radical (unpaired) electrons. The van der Waals surface area contributed by atoms with Gasteiger partial charge in [0.05, 0.1) is 11.1 Å². The number of rotatable bonds is 4. The summed E-state index contributed by atoms with van der Waals surface area (Å²) in [4.78, 5) is 2.38. The predicted molar refractivity (Wildman–Crippen MR) is 265 cm³/mol. The van der Waals surface area contributed by atoms with Crippen molar-refractivity contribution in [3.8, 4) is 33.4 Å². The Labute approximate surface area is 372 Å². The van der Waals surface area contributed by atoms with E-state index in [1.54, 1.807) is 0 Å². The molecule has 65 heavy (non-hydrogen) atoms. The zero-order chi connectivity index (χ0) is 42.4. The van der Waals surface area contributed by atoms with Crippen LogP contribution in [0.3, 0.4) is 0 Å². The van der Waals surface area contributed by atoms with E-state index in [-0.39, 0.29) is 0 Å². The molecule has 15 rings (SSSR count). The van der Waals surface area contributed by atoms with Crippen LogP contribution in [0.15, 0.2) is 226 Å². The number of furan rings is 3. The van der Waals surface area contributed by atoms with Gasteiger partial charge in [0.15, 0.2) is 5.58 Å². The summed E-state index contributed by atoms with van der Waals surface area (Å²) in [6.07, 6.45) is 0. The molecule has 0 bridgehead atoms. The second-order valence-corrected chi connectivity index (χ2v) is 17.4. The molecule has 4 nitrogen and oxygen atoms in total. The van der Waals surface area contributed by atoms with Crippen LogP contribution >= 0.6 is 0 Å². The monoisotopic (exact) mass is 829 g/mol. The Balaban J connectivity index is 1.05. The first-order valence-electron chi connectivity index (χ1n) is 22.2. The first-order chi connectivity index (χ1) is 32.3. The molecule has 2 aliphatic rings. The molecule has 2 aliphatic carbocycles. The van der Waals surface area contributed by atoms with Gasteiger partial charge in [0.1, 0.15) is 27.9 Å². The molecular weight excluding hydrogens is 795 g/mol. The van der Waals surface area contributed by atoms with Gasteiger partial charge in [-0.05, 0) is 105 Å². The molecule has 13 aromatic rings. The van der Waals surface area contributed by atoms with Crippen molar-refractivity contribution < 1.29 is 13.3 Å². The fourth-order valence-electron chi connectivity index (χ4n) is 11.7. The van der Waals surface area contributed by atoms with Crippen LogP contribution in [0, 0.1) is 0 Å². The van der Waals surface area contributed by atoms with Gasteiger partial charge < -0.3 is 18.2 Å². The van der Waals surface area contributed by atoms with Gasteiger partial charge in [-0.25, -0.2) is 0 Å². The van der Waals surface area contributed by atoms with Crippen LogP contribution in [0.1, 0.15) is 22.3 Å². The number of fused-ring (bicyclic) bond motifs is 20. The Bertz CT molecular complexity index is 4080. The molecule has 3 heterocycles. The minimum atomic E-state index is -0.491. The zero-order valence-electron chi connectivity index (χ0n) is 34.9. The lowest BCUT2D eigenvalue weighted by atomic mass is 9.70. The van der Waals surface area contributed by atoms with Crippen molar-refractivity contribution in [2.45, 2.75) is 5.41 Å². The zero-order valence-corrected chi connectivity index (χ0v) is 34.9. The van der Waals surface area contributed by atoms with E-state index >= 15 is 0 Å². The SMILES string of the molecule is c1ccc(N(c2ccc3c(c2)C2(c4ccccc4-c4ccccc42)c2ccccc2-3)c2ccc(-c3cccc4c3oc3ccccc34)c3c2oc2ccc4oc5ccccc5c4c23)cc1. The van der Waals surface area contributed by atoms with Crippen LogP contribution < -0.4 is 4.90 Å². The van der Waals surface area contributed by atoms with Gasteiger partial charge in [0.2, 0.25) is 0 Å². The van der Waals surface area contributed by atoms with Gasteiger partial charge in [-0.3, -0.25) is 0 Å². The van der Waals surface area contributed by atoms with Crippen LogP contribution in [0.5, 0.6) is 0 Å². The highest BCUT2D eigenvalue weighted by Crippen LogP contribution is 2.63. The van der Waals surface area contributed by atoms with Gasteiger partial charge in [0.25, 0.3) is 0 Å². The lowest BCUT2D eigenvalue weighted by molar-refractivity contribution is 0.663. The van der Waals surface area contributed by atoms with E-state index in [2.05, 4.69) is 187 Å². The summed E-state index contributed by atoms with van der Waals surface area (Å²) in [7, 11) is 0. The second kappa shape index (κ2) is 12.7. The van der Waals surface area contributed by atoms with E-state index < -0.39 is 5.41 Å². The molecule has 302 valence electrons. The number of para-hydroxylation sites is 4. The van der Waals surface area contributed by atoms with Gasteiger partial charge in [0, 0.05) is 49.3 Å². The lowest BCUT2D eigenvalue weighted by Gasteiger charge is -2.32. The molecule has 1 spiro atoms. The Morgan fingerprint density at radius 1 is 0.292 bits per heavy atom. The first kappa shape index (κ1) is 34.9. The van der Waals surface area contributed by atoms with Gasteiger partial charge in [-0.2, -0.15) is 0 Å². The molecule has 0 saturated heterocycles. The maximum atomic E-state index is 7.28. The Kier molecular flexibility index (Phi) is 6.85. The van der Waals surface area contributed by atoms with E-state index in [9.17, 15) is 0 Å². The van der Waals surface area contributed by atoms with Crippen molar-refractivity contribution in [1.29, 1.82) is 0 Å². The summed E-state index contributed by atoms with van der Waals surface area (Å²) in [5.74, 6) is 0. The van der Waals surface area contributed by atoms with E-state index in [1.807, 2.05) is 30.3 Å². The number of hydrogen-bond acceptors (Lipinski definition) is 4. The molecular formula is C61H35NO3. The minimum absolute atomic E-state index is 0.491. The largest absolute Gasteiger partial charge is 0.456 e. The minimum Gasteiger partial charge on any atom is -0.456 e. The molecule has 0 amide bonds. The van der Waals surface area contributed by atoms with Crippen LogP contribution in [-0.2, 0) is 5.41 Å². The summed E-state index contributed by atoms with van der Waals surface area (Å²) in [6.45, 7) is 0. The van der Waals surface area contributed by atoms with Gasteiger partial charge in [-0.1, -0.05) is 158 Å². The molecule has 0 saturated carbocycles. The molecule has 10 aromatic carbocycles. The number of nitrogens with zero attached hydrogens (tertiary/aromatic N) is 1. The smallest absolute Gasteiger partial charge is 0.160 e. The van der Waals surface area contributed by atoms with E-state index in [0.717, 1.165) is 94.0 Å². The molecule has 0 aliphatic heterocycles. The highest BCUT2D eigenvalue weighted by Gasteiger charge is 2.51. The van der Waals surface area contributed by atoms with Crippen molar-refractivity contribution >= 4 is 82.9 Å². The van der Waals surface area contributed by atoms with E-state index in [4.69, 9.17) is 13.3 Å². The van der Waals surface area contributed by atoms with E-state index in [1.165, 1.54) is 44.5 Å². The molecule has 0 fully saturated rings. The van der Waals surface area contributed by atoms with Crippen molar-refractivity contribution in [2.24, 2.45) is 0 Å². The molecule has 0 atom stereocenters.